The lowest BCUT2D eigenvalue weighted by Gasteiger charge is -2.23. The van der Waals surface area contributed by atoms with Crippen molar-refractivity contribution >= 4 is 0 Å². The van der Waals surface area contributed by atoms with Crippen LogP contribution in [-0.2, 0) is 5.41 Å². The Bertz CT molecular complexity index is 379. The van der Waals surface area contributed by atoms with Crippen LogP contribution in [0.5, 0.6) is 5.75 Å². The summed E-state index contributed by atoms with van der Waals surface area (Å²) in [5, 5.41) is 0. The summed E-state index contributed by atoms with van der Waals surface area (Å²) in [6.07, 6.45) is 2.17. The van der Waals surface area contributed by atoms with Crippen LogP contribution >= 0.6 is 0 Å². The third-order valence-corrected chi connectivity index (χ3v) is 3.47. The van der Waals surface area contributed by atoms with Gasteiger partial charge in [-0.3, -0.25) is 0 Å². The van der Waals surface area contributed by atoms with E-state index in [9.17, 15) is 0 Å². The highest BCUT2D eigenvalue weighted by atomic mass is 16.5. The van der Waals surface area contributed by atoms with Crippen molar-refractivity contribution in [2.45, 2.75) is 51.9 Å². The smallest absolute Gasteiger partial charge is 0.122 e. The zero-order chi connectivity index (χ0) is 13.8. The Morgan fingerprint density at radius 3 is 2.44 bits per heavy atom. The molecular formula is C16H27NO. The molecule has 102 valence electrons. The third-order valence-electron chi connectivity index (χ3n) is 3.47. The monoisotopic (exact) mass is 249 g/mol. The molecule has 0 radical (unpaired) electrons. The number of benzene rings is 1. The van der Waals surface area contributed by atoms with Crippen LogP contribution in [0.4, 0.5) is 0 Å². The van der Waals surface area contributed by atoms with E-state index in [1.807, 2.05) is 0 Å². The lowest BCUT2D eigenvalue weighted by molar-refractivity contribution is 0.404. The normalized spacial score (nSPS) is 13.4. The molecule has 0 heterocycles. The summed E-state index contributed by atoms with van der Waals surface area (Å²) >= 11 is 0. The SMILES string of the molecule is COc1ccc(C(C)(C)C)cc1C(C)CCCN. The molecule has 1 aromatic rings. The number of hydrogen-bond donors (Lipinski definition) is 1. The summed E-state index contributed by atoms with van der Waals surface area (Å²) in [5.74, 6) is 1.48. The highest BCUT2D eigenvalue weighted by Crippen LogP contribution is 2.33. The van der Waals surface area contributed by atoms with E-state index in [1.165, 1.54) is 11.1 Å². The first-order valence-corrected chi connectivity index (χ1v) is 6.78. The van der Waals surface area contributed by atoms with Gasteiger partial charge in [-0.2, -0.15) is 0 Å². The Balaban J connectivity index is 3.06. The first kappa shape index (κ1) is 15.0. The molecule has 18 heavy (non-hydrogen) atoms. The molecule has 2 heteroatoms. The molecule has 1 unspecified atom stereocenters. The van der Waals surface area contributed by atoms with Crippen molar-refractivity contribution in [3.05, 3.63) is 29.3 Å². The van der Waals surface area contributed by atoms with Gasteiger partial charge in [0.15, 0.2) is 0 Å². The number of ether oxygens (including phenoxy) is 1. The lowest BCUT2D eigenvalue weighted by atomic mass is 9.83. The average molecular weight is 249 g/mol. The van der Waals surface area contributed by atoms with Gasteiger partial charge in [0.2, 0.25) is 0 Å². The van der Waals surface area contributed by atoms with Crippen LogP contribution in [0.2, 0.25) is 0 Å². The summed E-state index contributed by atoms with van der Waals surface area (Å²) < 4.78 is 5.48. The maximum Gasteiger partial charge on any atom is 0.122 e. The second-order valence-corrected chi connectivity index (χ2v) is 6.04. The Labute approximate surface area is 112 Å². The molecule has 1 rings (SSSR count). The van der Waals surface area contributed by atoms with Gasteiger partial charge in [0.25, 0.3) is 0 Å². The molecule has 0 aliphatic heterocycles. The number of hydrogen-bond acceptors (Lipinski definition) is 2. The molecule has 2 N–H and O–H groups in total. The van der Waals surface area contributed by atoms with Crippen molar-refractivity contribution in [2.75, 3.05) is 13.7 Å². The molecule has 0 saturated carbocycles. The van der Waals surface area contributed by atoms with Crippen molar-refractivity contribution in [2.24, 2.45) is 5.73 Å². The molecule has 0 bridgehead atoms. The molecule has 0 spiro atoms. The van der Waals surface area contributed by atoms with Crippen LogP contribution in [0.1, 0.15) is 57.6 Å². The minimum atomic E-state index is 0.175. The molecule has 0 aliphatic rings. The number of nitrogens with two attached hydrogens (primary N) is 1. The Kier molecular flexibility index (Phi) is 5.21. The van der Waals surface area contributed by atoms with Crippen molar-refractivity contribution in [3.63, 3.8) is 0 Å². The van der Waals surface area contributed by atoms with Gasteiger partial charge in [-0.25, -0.2) is 0 Å². The van der Waals surface area contributed by atoms with E-state index in [2.05, 4.69) is 45.9 Å². The molecule has 1 atom stereocenters. The van der Waals surface area contributed by atoms with E-state index in [0.29, 0.717) is 5.92 Å². The fourth-order valence-corrected chi connectivity index (χ4v) is 2.17. The largest absolute Gasteiger partial charge is 0.496 e. The summed E-state index contributed by atoms with van der Waals surface area (Å²) in [7, 11) is 1.74. The van der Waals surface area contributed by atoms with Crippen molar-refractivity contribution in [3.8, 4) is 5.75 Å². The number of methoxy groups -OCH3 is 1. The Morgan fingerprint density at radius 1 is 1.28 bits per heavy atom. The van der Waals surface area contributed by atoms with Crippen LogP contribution in [0.3, 0.4) is 0 Å². The second kappa shape index (κ2) is 6.24. The van der Waals surface area contributed by atoms with Crippen LogP contribution in [-0.4, -0.2) is 13.7 Å². The van der Waals surface area contributed by atoms with E-state index >= 15 is 0 Å². The minimum Gasteiger partial charge on any atom is -0.496 e. The van der Waals surface area contributed by atoms with Gasteiger partial charge < -0.3 is 10.5 Å². The van der Waals surface area contributed by atoms with Crippen LogP contribution in [0.25, 0.3) is 0 Å². The van der Waals surface area contributed by atoms with Gasteiger partial charge in [0, 0.05) is 0 Å². The van der Waals surface area contributed by atoms with Gasteiger partial charge in [-0.15, -0.1) is 0 Å². The van der Waals surface area contributed by atoms with Crippen molar-refractivity contribution in [1.82, 2.24) is 0 Å². The maximum atomic E-state index is 5.59. The van der Waals surface area contributed by atoms with Gasteiger partial charge in [0.1, 0.15) is 5.75 Å². The first-order chi connectivity index (χ1) is 8.40. The quantitative estimate of drug-likeness (QED) is 0.860. The Hall–Kier alpha value is -1.02. The van der Waals surface area contributed by atoms with Gasteiger partial charge in [-0.05, 0) is 47.9 Å². The Morgan fingerprint density at radius 2 is 1.94 bits per heavy atom. The van der Waals surface area contributed by atoms with E-state index in [1.54, 1.807) is 7.11 Å². The van der Waals surface area contributed by atoms with E-state index in [0.717, 1.165) is 25.1 Å². The summed E-state index contributed by atoms with van der Waals surface area (Å²) in [4.78, 5) is 0. The van der Waals surface area contributed by atoms with Crippen LogP contribution in [0.15, 0.2) is 18.2 Å². The lowest BCUT2D eigenvalue weighted by Crippen LogP contribution is -2.12. The molecule has 2 nitrogen and oxygen atoms in total. The molecule has 1 aromatic carbocycles. The molecule has 0 aliphatic carbocycles. The van der Waals surface area contributed by atoms with Crippen LogP contribution in [0, 0.1) is 0 Å². The molecule has 0 amide bonds. The van der Waals surface area contributed by atoms with Crippen molar-refractivity contribution in [1.29, 1.82) is 0 Å². The zero-order valence-corrected chi connectivity index (χ0v) is 12.4. The van der Waals surface area contributed by atoms with E-state index in [4.69, 9.17) is 10.5 Å². The predicted molar refractivity (Wildman–Crippen MR) is 78.4 cm³/mol. The standard InChI is InChI=1S/C16H27NO/c1-12(7-6-10-17)14-11-13(16(2,3)4)8-9-15(14)18-5/h8-9,11-12H,6-7,10,17H2,1-5H3. The molecule has 0 saturated heterocycles. The maximum absolute atomic E-state index is 5.59. The van der Waals surface area contributed by atoms with Crippen molar-refractivity contribution < 1.29 is 4.74 Å². The highest BCUT2D eigenvalue weighted by Gasteiger charge is 2.18. The summed E-state index contributed by atoms with van der Waals surface area (Å²) in [6.45, 7) is 9.72. The fraction of sp³-hybridized carbons (Fsp3) is 0.625. The molecular weight excluding hydrogens is 222 g/mol. The van der Waals surface area contributed by atoms with Crippen LogP contribution < -0.4 is 10.5 Å². The highest BCUT2D eigenvalue weighted by molar-refractivity contribution is 5.41. The predicted octanol–water partition coefficient (Wildman–Crippen LogP) is 3.84. The topological polar surface area (TPSA) is 35.2 Å². The summed E-state index contributed by atoms with van der Waals surface area (Å²) in [5.41, 5.74) is 8.43. The van der Waals surface area contributed by atoms with E-state index in [-0.39, 0.29) is 5.41 Å². The second-order valence-electron chi connectivity index (χ2n) is 6.04. The summed E-state index contributed by atoms with van der Waals surface area (Å²) in [6, 6.07) is 6.55. The molecule has 0 aromatic heterocycles. The zero-order valence-electron chi connectivity index (χ0n) is 12.4. The van der Waals surface area contributed by atoms with Gasteiger partial charge in [-0.1, -0.05) is 39.8 Å². The average Bonchev–Trinajstić information content (AvgIpc) is 2.34. The van der Waals surface area contributed by atoms with E-state index < -0.39 is 0 Å². The van der Waals surface area contributed by atoms with Gasteiger partial charge in [0.05, 0.1) is 7.11 Å². The minimum absolute atomic E-state index is 0.175. The third kappa shape index (κ3) is 3.74. The van der Waals surface area contributed by atoms with Gasteiger partial charge >= 0.3 is 0 Å². The molecule has 0 fully saturated rings. The first-order valence-electron chi connectivity index (χ1n) is 6.78. The number of rotatable bonds is 5. The fourth-order valence-electron chi connectivity index (χ4n) is 2.17.